The summed E-state index contributed by atoms with van der Waals surface area (Å²) in [5.74, 6) is 1.43. The largest absolute Gasteiger partial charge is 0.493 e. The van der Waals surface area contributed by atoms with Crippen LogP contribution < -0.4 is 9.47 Å². The summed E-state index contributed by atoms with van der Waals surface area (Å²) in [5, 5.41) is 10.5. The average Bonchev–Trinajstić information content (AvgIpc) is 2.66. The predicted octanol–water partition coefficient (Wildman–Crippen LogP) is 3.88. The molecule has 154 valence electrons. The van der Waals surface area contributed by atoms with E-state index >= 15 is 0 Å². The molecule has 0 amide bonds. The molecule has 2 aromatic rings. The molecule has 5 heteroatoms. The van der Waals surface area contributed by atoms with Crippen LogP contribution in [-0.2, 0) is 17.8 Å². The lowest BCUT2D eigenvalue weighted by atomic mass is 10.1. The van der Waals surface area contributed by atoms with Gasteiger partial charge in [0.2, 0.25) is 0 Å². The first kappa shape index (κ1) is 22.2. The Kier molecular flexibility index (Phi) is 8.30. The van der Waals surface area contributed by atoms with Crippen LogP contribution in [-0.4, -0.2) is 49.1 Å². The molecule has 2 rings (SSSR count). The van der Waals surface area contributed by atoms with Gasteiger partial charge in [-0.2, -0.15) is 0 Å². The maximum Gasteiger partial charge on any atom is 0.165 e. The Morgan fingerprint density at radius 2 is 1.64 bits per heavy atom. The molecule has 2 aromatic carbocycles. The molecule has 0 saturated carbocycles. The van der Waals surface area contributed by atoms with Gasteiger partial charge in [-0.05, 0) is 32.4 Å². The van der Waals surface area contributed by atoms with Gasteiger partial charge in [0.05, 0.1) is 32.5 Å². The second kappa shape index (κ2) is 10.5. The van der Waals surface area contributed by atoms with Gasteiger partial charge in [0, 0.05) is 25.2 Å². The quantitative estimate of drug-likeness (QED) is 0.670. The normalized spacial score (nSPS) is 12.8. The number of nitrogens with zero attached hydrogens (tertiary/aromatic N) is 1. The predicted molar refractivity (Wildman–Crippen MR) is 112 cm³/mol. The Hall–Kier alpha value is -2.08. The molecule has 0 aliphatic rings. The molecule has 0 radical (unpaired) electrons. The molecule has 0 spiro atoms. The van der Waals surface area contributed by atoms with Gasteiger partial charge in [0.15, 0.2) is 11.5 Å². The summed E-state index contributed by atoms with van der Waals surface area (Å²) in [4.78, 5) is 2.20. The first-order valence-corrected chi connectivity index (χ1v) is 9.60. The molecule has 1 N–H and O–H groups in total. The molecule has 5 nitrogen and oxygen atoms in total. The van der Waals surface area contributed by atoms with Crippen LogP contribution in [0.15, 0.2) is 48.5 Å². The second-order valence-electron chi connectivity index (χ2n) is 7.89. The number of aliphatic hydroxyl groups excluding tert-OH is 1. The molecule has 1 atom stereocenters. The second-order valence-corrected chi connectivity index (χ2v) is 7.89. The van der Waals surface area contributed by atoms with Crippen molar-refractivity contribution in [3.8, 4) is 11.5 Å². The van der Waals surface area contributed by atoms with Crippen molar-refractivity contribution in [3.63, 3.8) is 0 Å². The van der Waals surface area contributed by atoms with Crippen LogP contribution in [0.25, 0.3) is 0 Å². The summed E-state index contributed by atoms with van der Waals surface area (Å²) in [5.41, 5.74) is 1.93. The van der Waals surface area contributed by atoms with Crippen molar-refractivity contribution in [2.45, 2.75) is 45.6 Å². The van der Waals surface area contributed by atoms with Crippen molar-refractivity contribution < 1.29 is 19.3 Å². The number of hydrogen-bond acceptors (Lipinski definition) is 5. The standard InChI is InChI=1S/C23H33NO4/c1-23(2,3)28-17-20(25)16-24(14-18-10-7-6-8-11-18)15-19-12-9-13-21(26-4)22(19)27-5/h6-13,20,25H,14-17H2,1-5H3. The van der Waals surface area contributed by atoms with Crippen LogP contribution in [0.1, 0.15) is 31.9 Å². The van der Waals surface area contributed by atoms with Gasteiger partial charge in [-0.25, -0.2) is 0 Å². The van der Waals surface area contributed by atoms with Crippen LogP contribution in [0.5, 0.6) is 11.5 Å². The summed E-state index contributed by atoms with van der Waals surface area (Å²) in [7, 11) is 3.28. The van der Waals surface area contributed by atoms with E-state index in [0.29, 0.717) is 32.0 Å². The molecule has 0 aromatic heterocycles. The smallest absolute Gasteiger partial charge is 0.165 e. The van der Waals surface area contributed by atoms with Crippen LogP contribution in [0.3, 0.4) is 0 Å². The third-order valence-electron chi connectivity index (χ3n) is 4.31. The van der Waals surface area contributed by atoms with Crippen molar-refractivity contribution in [1.82, 2.24) is 4.90 Å². The van der Waals surface area contributed by atoms with E-state index in [1.807, 2.05) is 57.2 Å². The molecule has 0 saturated heterocycles. The minimum Gasteiger partial charge on any atom is -0.493 e. The minimum atomic E-state index is -0.584. The van der Waals surface area contributed by atoms with Crippen LogP contribution in [0.4, 0.5) is 0 Å². The Morgan fingerprint density at radius 1 is 0.929 bits per heavy atom. The summed E-state index contributed by atoms with van der Waals surface area (Å²) in [6.07, 6.45) is -0.584. The number of rotatable bonds is 10. The topological polar surface area (TPSA) is 51.2 Å². The van der Waals surface area contributed by atoms with Crippen molar-refractivity contribution in [2.75, 3.05) is 27.4 Å². The minimum absolute atomic E-state index is 0.277. The van der Waals surface area contributed by atoms with Gasteiger partial charge in [-0.3, -0.25) is 4.90 Å². The first-order chi connectivity index (χ1) is 13.3. The maximum atomic E-state index is 10.5. The highest BCUT2D eigenvalue weighted by Gasteiger charge is 2.19. The number of aliphatic hydroxyl groups is 1. The van der Waals surface area contributed by atoms with Crippen molar-refractivity contribution in [3.05, 3.63) is 59.7 Å². The van der Waals surface area contributed by atoms with E-state index in [-0.39, 0.29) is 5.60 Å². The van der Waals surface area contributed by atoms with Crippen molar-refractivity contribution >= 4 is 0 Å². The van der Waals surface area contributed by atoms with E-state index in [4.69, 9.17) is 14.2 Å². The lowest BCUT2D eigenvalue weighted by Crippen LogP contribution is -2.36. The summed E-state index contributed by atoms with van der Waals surface area (Å²) >= 11 is 0. The fourth-order valence-electron chi connectivity index (χ4n) is 3.04. The zero-order valence-electron chi connectivity index (χ0n) is 17.6. The number of methoxy groups -OCH3 is 2. The molecule has 0 bridgehead atoms. The molecule has 0 aliphatic heterocycles. The van der Waals surface area contributed by atoms with E-state index < -0.39 is 6.10 Å². The van der Waals surface area contributed by atoms with Crippen LogP contribution >= 0.6 is 0 Å². The number of hydrogen-bond donors (Lipinski definition) is 1. The van der Waals surface area contributed by atoms with E-state index in [2.05, 4.69) is 17.0 Å². The highest BCUT2D eigenvalue weighted by molar-refractivity contribution is 5.46. The Bertz CT molecular complexity index is 712. The summed E-state index contributed by atoms with van der Waals surface area (Å²) in [6.45, 7) is 8.10. The number of benzene rings is 2. The Morgan fingerprint density at radius 3 is 2.25 bits per heavy atom. The van der Waals surface area contributed by atoms with Gasteiger partial charge in [-0.1, -0.05) is 42.5 Å². The number of ether oxygens (including phenoxy) is 3. The van der Waals surface area contributed by atoms with Gasteiger partial charge < -0.3 is 19.3 Å². The zero-order valence-corrected chi connectivity index (χ0v) is 17.6. The highest BCUT2D eigenvalue weighted by atomic mass is 16.5. The molecule has 0 aliphatic carbocycles. The maximum absolute atomic E-state index is 10.5. The monoisotopic (exact) mass is 387 g/mol. The van der Waals surface area contributed by atoms with E-state index in [9.17, 15) is 5.11 Å². The molecule has 0 heterocycles. The Balaban J connectivity index is 2.16. The van der Waals surface area contributed by atoms with Crippen molar-refractivity contribution in [1.29, 1.82) is 0 Å². The first-order valence-electron chi connectivity index (χ1n) is 9.60. The molecular weight excluding hydrogens is 354 g/mol. The van der Waals surface area contributed by atoms with Crippen molar-refractivity contribution in [2.24, 2.45) is 0 Å². The summed E-state index contributed by atoms with van der Waals surface area (Å²) < 4.78 is 16.8. The molecular formula is C23H33NO4. The van der Waals surface area contributed by atoms with Gasteiger partial charge in [0.25, 0.3) is 0 Å². The van der Waals surface area contributed by atoms with Crippen LogP contribution in [0.2, 0.25) is 0 Å². The average molecular weight is 388 g/mol. The molecule has 28 heavy (non-hydrogen) atoms. The van der Waals surface area contributed by atoms with Gasteiger partial charge in [0.1, 0.15) is 0 Å². The van der Waals surface area contributed by atoms with E-state index in [1.54, 1.807) is 14.2 Å². The SMILES string of the molecule is COc1cccc(CN(Cc2ccccc2)CC(O)COC(C)(C)C)c1OC. The fraction of sp³-hybridized carbons (Fsp3) is 0.478. The van der Waals surface area contributed by atoms with Gasteiger partial charge in [-0.15, -0.1) is 0 Å². The van der Waals surface area contributed by atoms with E-state index in [1.165, 1.54) is 5.56 Å². The lowest BCUT2D eigenvalue weighted by molar-refractivity contribution is -0.0573. The summed E-state index contributed by atoms with van der Waals surface area (Å²) in [6, 6.07) is 16.1. The highest BCUT2D eigenvalue weighted by Crippen LogP contribution is 2.31. The lowest BCUT2D eigenvalue weighted by Gasteiger charge is -2.28. The number of para-hydroxylation sites is 1. The Labute approximate surface area is 168 Å². The molecule has 1 unspecified atom stereocenters. The third-order valence-corrected chi connectivity index (χ3v) is 4.31. The zero-order chi connectivity index (χ0) is 20.6. The van der Waals surface area contributed by atoms with Crippen LogP contribution in [0, 0.1) is 0 Å². The van der Waals surface area contributed by atoms with Gasteiger partial charge >= 0.3 is 0 Å². The fourth-order valence-corrected chi connectivity index (χ4v) is 3.04. The molecule has 0 fully saturated rings. The van der Waals surface area contributed by atoms with E-state index in [0.717, 1.165) is 11.3 Å². The third kappa shape index (κ3) is 7.15.